The number of aryl methyl sites for hydroxylation is 3. The molecule has 0 atom stereocenters. The molecule has 25 heavy (non-hydrogen) atoms. The number of carbonyl (C=O) groups is 1. The number of nitrogens with one attached hydrogen (secondary N) is 1. The van der Waals surface area contributed by atoms with Crippen LogP contribution in [0, 0.1) is 20.8 Å². The van der Waals surface area contributed by atoms with Crippen LogP contribution in [0.5, 0.6) is 0 Å². The van der Waals surface area contributed by atoms with Crippen LogP contribution >= 0.6 is 11.8 Å². The summed E-state index contributed by atoms with van der Waals surface area (Å²) in [7, 11) is 0. The highest BCUT2D eigenvalue weighted by Gasteiger charge is 2.08. The van der Waals surface area contributed by atoms with Crippen LogP contribution in [0.1, 0.15) is 22.6 Å². The van der Waals surface area contributed by atoms with E-state index in [2.05, 4.69) is 16.4 Å². The Bertz CT molecular complexity index is 971. The minimum atomic E-state index is -0.256. The second kappa shape index (κ2) is 7.14. The van der Waals surface area contributed by atoms with Gasteiger partial charge in [-0.15, -0.1) is 16.3 Å². The van der Waals surface area contributed by atoms with Crippen molar-refractivity contribution in [1.29, 1.82) is 0 Å². The molecule has 1 aromatic carbocycles. The fourth-order valence-corrected chi connectivity index (χ4v) is 3.36. The predicted molar refractivity (Wildman–Crippen MR) is 99.2 cm³/mol. The SMILES string of the molecule is Cc1cc(C)cc(NC(=O)CSCc2cc(=O)n3oc(C)cc3n2)c1. The van der Waals surface area contributed by atoms with E-state index in [4.69, 9.17) is 4.52 Å². The average Bonchev–Trinajstić information content (AvgIpc) is 2.87. The van der Waals surface area contributed by atoms with E-state index in [1.807, 2.05) is 26.0 Å². The van der Waals surface area contributed by atoms with E-state index < -0.39 is 0 Å². The van der Waals surface area contributed by atoms with Crippen molar-refractivity contribution >= 4 is 29.0 Å². The van der Waals surface area contributed by atoms with E-state index in [1.165, 1.54) is 17.8 Å². The van der Waals surface area contributed by atoms with Crippen molar-refractivity contribution < 1.29 is 9.32 Å². The van der Waals surface area contributed by atoms with Crippen molar-refractivity contribution in [3.63, 3.8) is 0 Å². The van der Waals surface area contributed by atoms with Crippen molar-refractivity contribution in [1.82, 2.24) is 9.56 Å². The number of hydrogen-bond acceptors (Lipinski definition) is 5. The van der Waals surface area contributed by atoms with Gasteiger partial charge in [-0.25, -0.2) is 4.98 Å². The zero-order valence-corrected chi connectivity index (χ0v) is 15.1. The first-order valence-corrected chi connectivity index (χ1v) is 9.02. The summed E-state index contributed by atoms with van der Waals surface area (Å²) in [5, 5.41) is 2.89. The Morgan fingerprint density at radius 2 is 1.88 bits per heavy atom. The highest BCUT2D eigenvalue weighted by molar-refractivity contribution is 7.99. The normalized spacial score (nSPS) is 11.0. The number of amides is 1. The molecule has 0 saturated heterocycles. The van der Waals surface area contributed by atoms with Crippen LogP contribution in [-0.4, -0.2) is 21.2 Å². The lowest BCUT2D eigenvalue weighted by atomic mass is 10.1. The maximum absolute atomic E-state index is 12.1. The lowest BCUT2D eigenvalue weighted by Gasteiger charge is -2.07. The molecule has 0 aliphatic rings. The molecule has 0 bridgehead atoms. The molecule has 0 aliphatic carbocycles. The quantitative estimate of drug-likeness (QED) is 0.759. The summed E-state index contributed by atoms with van der Waals surface area (Å²) in [5.74, 6) is 1.32. The molecule has 0 fully saturated rings. The van der Waals surface area contributed by atoms with Crippen LogP contribution in [0.2, 0.25) is 0 Å². The smallest absolute Gasteiger partial charge is 0.287 e. The van der Waals surface area contributed by atoms with Gasteiger partial charge in [0.25, 0.3) is 5.56 Å². The molecule has 2 aromatic heterocycles. The van der Waals surface area contributed by atoms with Crippen LogP contribution in [0.3, 0.4) is 0 Å². The second-order valence-electron chi connectivity index (χ2n) is 6.00. The molecule has 0 spiro atoms. The van der Waals surface area contributed by atoms with Gasteiger partial charge in [0, 0.05) is 23.6 Å². The number of benzene rings is 1. The molecule has 7 heteroatoms. The molecule has 3 rings (SSSR count). The Hall–Kier alpha value is -2.54. The van der Waals surface area contributed by atoms with Crippen LogP contribution in [0.4, 0.5) is 5.69 Å². The average molecular weight is 357 g/mol. The first-order chi connectivity index (χ1) is 11.9. The Balaban J connectivity index is 1.59. The van der Waals surface area contributed by atoms with Gasteiger partial charge in [-0.2, -0.15) is 0 Å². The van der Waals surface area contributed by atoms with Gasteiger partial charge < -0.3 is 9.84 Å². The molecule has 0 unspecified atom stereocenters. The van der Waals surface area contributed by atoms with E-state index >= 15 is 0 Å². The van der Waals surface area contributed by atoms with Crippen molar-refractivity contribution in [2.24, 2.45) is 0 Å². The maximum Gasteiger partial charge on any atom is 0.287 e. The van der Waals surface area contributed by atoms with Crippen molar-refractivity contribution in [3.05, 3.63) is 63.3 Å². The molecule has 1 N–H and O–H groups in total. The van der Waals surface area contributed by atoms with E-state index in [9.17, 15) is 9.59 Å². The highest BCUT2D eigenvalue weighted by Crippen LogP contribution is 2.15. The molecule has 3 aromatic rings. The molecule has 2 heterocycles. The summed E-state index contributed by atoms with van der Waals surface area (Å²) in [5.41, 5.74) is 3.88. The van der Waals surface area contributed by atoms with Gasteiger partial charge in [-0.05, 0) is 44.0 Å². The number of hydrogen-bond donors (Lipinski definition) is 1. The van der Waals surface area contributed by atoms with E-state index in [0.29, 0.717) is 28.6 Å². The molecule has 1 amide bonds. The largest absolute Gasteiger partial charge is 0.375 e. The number of nitrogens with zero attached hydrogens (tertiary/aromatic N) is 2. The first-order valence-electron chi connectivity index (χ1n) is 7.86. The topological polar surface area (TPSA) is 76.6 Å². The molecule has 130 valence electrons. The van der Waals surface area contributed by atoms with Gasteiger partial charge in [0.1, 0.15) is 5.76 Å². The zero-order valence-electron chi connectivity index (χ0n) is 14.3. The van der Waals surface area contributed by atoms with Gasteiger partial charge in [-0.3, -0.25) is 9.59 Å². The third-order valence-corrected chi connectivity index (χ3v) is 4.48. The van der Waals surface area contributed by atoms with Gasteiger partial charge >= 0.3 is 0 Å². The summed E-state index contributed by atoms with van der Waals surface area (Å²) in [6.07, 6.45) is 0. The van der Waals surface area contributed by atoms with E-state index in [-0.39, 0.29) is 11.5 Å². The molecule has 0 saturated carbocycles. The maximum atomic E-state index is 12.1. The van der Waals surface area contributed by atoms with Crippen molar-refractivity contribution in [3.8, 4) is 0 Å². The molecule has 0 aliphatic heterocycles. The predicted octanol–water partition coefficient (Wildman–Crippen LogP) is 3.08. The first kappa shape index (κ1) is 17.3. The number of anilines is 1. The Morgan fingerprint density at radius 1 is 1.16 bits per heavy atom. The molecular weight excluding hydrogens is 338 g/mol. The summed E-state index contributed by atoms with van der Waals surface area (Å²) in [6.45, 7) is 5.75. The van der Waals surface area contributed by atoms with Crippen LogP contribution < -0.4 is 10.9 Å². The highest BCUT2D eigenvalue weighted by atomic mass is 32.2. The third-order valence-electron chi connectivity index (χ3n) is 3.51. The van der Waals surface area contributed by atoms with E-state index in [1.54, 1.807) is 13.0 Å². The van der Waals surface area contributed by atoms with E-state index in [0.717, 1.165) is 21.4 Å². The zero-order chi connectivity index (χ0) is 18.0. The minimum absolute atomic E-state index is 0.0769. The Kier molecular flexibility index (Phi) is 4.94. The van der Waals surface area contributed by atoms with Gasteiger partial charge in [0.05, 0.1) is 11.4 Å². The Labute approximate surface area is 149 Å². The summed E-state index contributed by atoms with van der Waals surface area (Å²) in [6, 6.07) is 9.08. The Morgan fingerprint density at radius 3 is 2.60 bits per heavy atom. The van der Waals surface area contributed by atoms with Crippen LogP contribution in [-0.2, 0) is 10.5 Å². The number of fused-ring (bicyclic) bond motifs is 1. The van der Waals surface area contributed by atoms with Crippen LogP contribution in [0.15, 0.2) is 39.6 Å². The number of aromatic nitrogens is 2. The number of rotatable bonds is 5. The lowest BCUT2D eigenvalue weighted by Crippen LogP contribution is -2.15. The van der Waals surface area contributed by atoms with Crippen molar-refractivity contribution in [2.75, 3.05) is 11.1 Å². The molecule has 6 nitrogen and oxygen atoms in total. The number of thioether (sulfide) groups is 1. The summed E-state index contributed by atoms with van der Waals surface area (Å²) < 4.78 is 6.42. The number of carbonyl (C=O) groups excluding carboxylic acids is 1. The fraction of sp³-hybridized carbons (Fsp3) is 0.278. The molecule has 0 radical (unpaired) electrons. The molecular formula is C18H19N3O3S. The standard InChI is InChI=1S/C18H19N3O3S/c1-11-4-12(2)6-14(5-11)20-17(22)10-25-9-15-8-18(23)21-16(19-15)7-13(3)24-21/h4-8H,9-10H2,1-3H3,(H,20,22). The second-order valence-corrected chi connectivity index (χ2v) is 6.99. The van der Waals surface area contributed by atoms with Crippen molar-refractivity contribution in [2.45, 2.75) is 26.5 Å². The third kappa shape index (κ3) is 4.30. The summed E-state index contributed by atoms with van der Waals surface area (Å²) >= 11 is 1.41. The summed E-state index contributed by atoms with van der Waals surface area (Å²) in [4.78, 5) is 28.4. The fourth-order valence-electron chi connectivity index (χ4n) is 2.64. The lowest BCUT2D eigenvalue weighted by molar-refractivity contribution is -0.113. The minimum Gasteiger partial charge on any atom is -0.375 e. The van der Waals surface area contributed by atoms with Gasteiger partial charge in [0.2, 0.25) is 5.91 Å². The van der Waals surface area contributed by atoms with Gasteiger partial charge in [-0.1, -0.05) is 6.07 Å². The monoisotopic (exact) mass is 357 g/mol. The van der Waals surface area contributed by atoms with Crippen LogP contribution in [0.25, 0.3) is 5.65 Å². The van der Waals surface area contributed by atoms with Gasteiger partial charge in [0.15, 0.2) is 5.65 Å².